The van der Waals surface area contributed by atoms with E-state index < -0.39 is 32.6 Å². The number of rotatable bonds is 30. The van der Waals surface area contributed by atoms with E-state index in [1.165, 1.54) is 96.1 Å². The summed E-state index contributed by atoms with van der Waals surface area (Å²) >= 11 is 0. The Hall–Kier alpha value is -2.93. The summed E-state index contributed by atoms with van der Waals surface area (Å²) in [5.41, 5.74) is 11.7. The number of esters is 1. The molecule has 4 N–H and O–H groups in total. The quantitative estimate of drug-likeness (QED) is 0.0258. The summed E-state index contributed by atoms with van der Waals surface area (Å²) in [7, 11) is -3.86. The molecule has 1 rings (SSSR count). The predicted octanol–water partition coefficient (Wildman–Crippen LogP) is 7.75. The number of ether oxygens (including phenoxy) is 5. The lowest BCUT2D eigenvalue weighted by Gasteiger charge is -2.18. The molecule has 0 radical (unpaired) electrons. The van der Waals surface area contributed by atoms with Gasteiger partial charge in [-0.15, -0.1) is 0 Å². The van der Waals surface area contributed by atoms with E-state index in [1.807, 2.05) is 0 Å². The van der Waals surface area contributed by atoms with E-state index in [1.54, 1.807) is 13.8 Å². The minimum Gasteiger partial charge on any atom is -0.473 e. The first kappa shape index (κ1) is 44.1. The molecule has 282 valence electrons. The van der Waals surface area contributed by atoms with Gasteiger partial charge in [0, 0.05) is 25.2 Å². The first-order chi connectivity index (χ1) is 23.5. The van der Waals surface area contributed by atoms with Gasteiger partial charge in [0.1, 0.15) is 19.0 Å². The third-order valence-corrected chi connectivity index (χ3v) is 8.83. The molecule has 1 unspecified atom stereocenters. The zero-order valence-electron chi connectivity index (χ0n) is 30.2. The summed E-state index contributed by atoms with van der Waals surface area (Å²) in [5, 5.41) is 0. The van der Waals surface area contributed by atoms with Crippen molar-refractivity contribution in [3.8, 4) is 5.88 Å². The molecule has 0 aliphatic carbocycles. The van der Waals surface area contributed by atoms with Crippen molar-refractivity contribution in [1.82, 2.24) is 9.97 Å². The van der Waals surface area contributed by atoms with Crippen molar-refractivity contribution in [3.63, 3.8) is 0 Å². The molecule has 1 heterocycles. The van der Waals surface area contributed by atoms with Crippen molar-refractivity contribution < 1.29 is 46.9 Å². The van der Waals surface area contributed by atoms with Crippen LogP contribution in [0, 0.1) is 0 Å². The molecule has 0 bridgehead atoms. The van der Waals surface area contributed by atoms with Gasteiger partial charge in [-0.2, -0.15) is 9.97 Å². The van der Waals surface area contributed by atoms with Crippen molar-refractivity contribution in [1.29, 1.82) is 0 Å². The van der Waals surface area contributed by atoms with Gasteiger partial charge in [-0.1, -0.05) is 96.5 Å². The lowest BCUT2D eigenvalue weighted by atomic mass is 10.0. The maximum Gasteiger partial charge on any atom is 0.510 e. The van der Waals surface area contributed by atoms with Crippen molar-refractivity contribution in [2.45, 2.75) is 124 Å². The first-order valence-corrected chi connectivity index (χ1v) is 19.4. The molecule has 14 nitrogen and oxygen atoms in total. The van der Waals surface area contributed by atoms with E-state index in [0.717, 1.165) is 12.8 Å². The Morgan fingerprint density at radius 3 is 2.00 bits per heavy atom. The number of hydrogen-bond donors (Lipinski definition) is 2. The van der Waals surface area contributed by atoms with E-state index in [9.17, 15) is 14.2 Å². The SMILES string of the molecule is CCCCCCCCCCCCCCCCOCCOP(=O)(C/C=C(\COC(C)=O)COc1cc(N)nc(N)n1)OCOC(=O)OC(C)C. The number of anilines is 2. The summed E-state index contributed by atoms with van der Waals surface area (Å²) < 4.78 is 50.8. The van der Waals surface area contributed by atoms with Gasteiger partial charge < -0.3 is 39.7 Å². The highest BCUT2D eigenvalue weighted by molar-refractivity contribution is 7.54. The molecule has 0 aromatic carbocycles. The van der Waals surface area contributed by atoms with Crippen molar-refractivity contribution in [3.05, 3.63) is 17.7 Å². The molecule has 0 amide bonds. The summed E-state index contributed by atoms with van der Waals surface area (Å²) in [5.74, 6) is -0.385. The number of nitrogens with zero attached hydrogens (tertiary/aromatic N) is 2. The predicted molar refractivity (Wildman–Crippen MR) is 189 cm³/mol. The molecule has 0 spiro atoms. The van der Waals surface area contributed by atoms with Gasteiger partial charge in [0.2, 0.25) is 18.6 Å². The Kier molecular flexibility index (Phi) is 25.1. The summed E-state index contributed by atoms with van der Waals surface area (Å²) in [6.07, 6.45) is 17.8. The van der Waals surface area contributed by atoms with Crippen LogP contribution < -0.4 is 16.2 Å². The molecular formula is C34H61N4O10P. The molecule has 0 saturated carbocycles. The standard InChI is InChI=1S/C34H61N4O10P/c1-5-6-7-8-9-10-11-12-13-14-15-16-17-18-20-42-21-22-46-49(41,47-27-45-34(40)48-28(2)3)23-19-30(25-43-29(4)39)26-44-32-24-31(35)37-33(36)38-32/h19,24,28H,5-18,20-23,25-27H2,1-4H3,(H4,35,36,37,38)/b30-19+. The van der Waals surface area contributed by atoms with Crippen molar-refractivity contribution in [2.24, 2.45) is 0 Å². The van der Waals surface area contributed by atoms with E-state index in [2.05, 4.69) is 16.9 Å². The fourth-order valence-electron chi connectivity index (χ4n) is 4.56. The number of unbranched alkanes of at least 4 members (excludes halogenated alkanes) is 13. The van der Waals surface area contributed by atoms with Crippen LogP contribution in [0.5, 0.6) is 5.88 Å². The van der Waals surface area contributed by atoms with Crippen LogP contribution in [-0.4, -0.2) is 74.2 Å². The second-order valence-corrected chi connectivity index (χ2v) is 14.2. The fraction of sp³-hybridized carbons (Fsp3) is 0.765. The normalized spacial score (nSPS) is 12.9. The largest absolute Gasteiger partial charge is 0.510 e. The minimum absolute atomic E-state index is 0.0184. The molecule has 1 aromatic heterocycles. The van der Waals surface area contributed by atoms with Crippen molar-refractivity contribution >= 4 is 31.5 Å². The average Bonchev–Trinajstić information content (AvgIpc) is 3.03. The maximum atomic E-state index is 13.6. The third kappa shape index (κ3) is 25.7. The van der Waals surface area contributed by atoms with Crippen LogP contribution in [0.15, 0.2) is 17.7 Å². The first-order valence-electron chi connectivity index (χ1n) is 17.7. The van der Waals surface area contributed by atoms with Gasteiger partial charge >= 0.3 is 19.7 Å². The van der Waals surface area contributed by atoms with E-state index in [-0.39, 0.29) is 50.2 Å². The fourth-order valence-corrected chi connectivity index (χ4v) is 5.89. The molecule has 1 atom stereocenters. The van der Waals surface area contributed by atoms with Gasteiger partial charge in [0.25, 0.3) is 0 Å². The number of hydrogen-bond acceptors (Lipinski definition) is 14. The highest BCUT2D eigenvalue weighted by atomic mass is 31.2. The Balaban J connectivity index is 2.51. The molecule has 0 saturated heterocycles. The highest BCUT2D eigenvalue weighted by Crippen LogP contribution is 2.48. The molecule has 0 fully saturated rings. The number of carbonyl (C=O) groups excluding carboxylic acids is 2. The lowest BCUT2D eigenvalue weighted by molar-refractivity contribution is -0.140. The Morgan fingerprint density at radius 1 is 0.816 bits per heavy atom. The van der Waals surface area contributed by atoms with Crippen LogP contribution in [0.1, 0.15) is 118 Å². The smallest absolute Gasteiger partial charge is 0.473 e. The number of nitrogen functional groups attached to an aromatic ring is 2. The van der Waals surface area contributed by atoms with Crippen LogP contribution in [0.4, 0.5) is 16.6 Å². The topological polar surface area (TPSA) is 194 Å². The van der Waals surface area contributed by atoms with Gasteiger partial charge in [-0.05, 0) is 20.3 Å². The number of carbonyl (C=O) groups is 2. The number of allylic oxidation sites excluding steroid dienone is 1. The van der Waals surface area contributed by atoms with Crippen LogP contribution >= 0.6 is 7.60 Å². The monoisotopic (exact) mass is 716 g/mol. The van der Waals surface area contributed by atoms with Gasteiger partial charge in [0.05, 0.1) is 25.5 Å². The molecule has 0 aliphatic heterocycles. The van der Waals surface area contributed by atoms with Crippen LogP contribution in [0.3, 0.4) is 0 Å². The zero-order valence-corrected chi connectivity index (χ0v) is 31.1. The van der Waals surface area contributed by atoms with Gasteiger partial charge in [-0.25, -0.2) is 4.79 Å². The van der Waals surface area contributed by atoms with Gasteiger partial charge in [0.15, 0.2) is 0 Å². The number of nitrogens with two attached hydrogens (primary N) is 2. The van der Waals surface area contributed by atoms with Crippen LogP contribution in [0.25, 0.3) is 0 Å². The van der Waals surface area contributed by atoms with E-state index in [0.29, 0.717) is 12.2 Å². The molecule has 49 heavy (non-hydrogen) atoms. The third-order valence-electron chi connectivity index (χ3n) is 7.13. The lowest BCUT2D eigenvalue weighted by Crippen LogP contribution is -2.16. The Bertz CT molecular complexity index is 1100. The van der Waals surface area contributed by atoms with Crippen LogP contribution in [0.2, 0.25) is 0 Å². The number of aromatic nitrogens is 2. The summed E-state index contributed by atoms with van der Waals surface area (Å²) in [6, 6.07) is 1.38. The molecule has 0 aliphatic rings. The highest BCUT2D eigenvalue weighted by Gasteiger charge is 2.25. The Morgan fingerprint density at radius 2 is 1.43 bits per heavy atom. The molecule has 1 aromatic rings. The second-order valence-electron chi connectivity index (χ2n) is 12.1. The molecular weight excluding hydrogens is 655 g/mol. The Labute approximate surface area is 292 Å². The second kappa shape index (κ2) is 27.8. The summed E-state index contributed by atoms with van der Waals surface area (Å²) in [6.45, 7) is 6.66. The maximum absolute atomic E-state index is 13.6. The zero-order chi connectivity index (χ0) is 36.2. The average molecular weight is 717 g/mol. The van der Waals surface area contributed by atoms with Crippen molar-refractivity contribution in [2.75, 3.05) is 57.5 Å². The molecule has 15 heteroatoms. The minimum atomic E-state index is -3.86. The summed E-state index contributed by atoms with van der Waals surface area (Å²) in [4.78, 5) is 31.0. The van der Waals surface area contributed by atoms with E-state index >= 15 is 0 Å². The van der Waals surface area contributed by atoms with Gasteiger partial charge in [-0.3, -0.25) is 13.9 Å². The van der Waals surface area contributed by atoms with Crippen LogP contribution in [-0.2, 0) is 37.4 Å². The van der Waals surface area contributed by atoms with E-state index in [4.69, 9.17) is 44.2 Å².